The van der Waals surface area contributed by atoms with Crippen LogP contribution in [0.1, 0.15) is 23.8 Å². The zero-order valence-corrected chi connectivity index (χ0v) is 14.7. The molecule has 134 valence electrons. The first kappa shape index (κ1) is 16.8. The standard InChI is InChI=1S/C20H22N4O2/c1-25-19-3-2-15(14-4-8-21-9-5-14)12-16(19)13-22-17-7-11-26-20(17)18-6-10-23-24-18/h2-6,8-10,12,17,20,22H,7,11,13H2,1H3,(H,23,24)/t17-,20-/m0/s1. The van der Waals surface area contributed by atoms with Gasteiger partial charge in [0.15, 0.2) is 0 Å². The molecule has 26 heavy (non-hydrogen) atoms. The van der Waals surface area contributed by atoms with E-state index < -0.39 is 0 Å². The lowest BCUT2D eigenvalue weighted by atomic mass is 10.0. The predicted molar refractivity (Wildman–Crippen MR) is 98.8 cm³/mol. The molecule has 2 atom stereocenters. The number of nitrogens with one attached hydrogen (secondary N) is 2. The Balaban J connectivity index is 1.52. The minimum absolute atomic E-state index is 0.00637. The smallest absolute Gasteiger partial charge is 0.123 e. The van der Waals surface area contributed by atoms with Gasteiger partial charge in [0.05, 0.1) is 12.8 Å². The van der Waals surface area contributed by atoms with Gasteiger partial charge in [-0.3, -0.25) is 10.1 Å². The highest BCUT2D eigenvalue weighted by molar-refractivity contribution is 5.65. The minimum atomic E-state index is 0.00637. The van der Waals surface area contributed by atoms with Gasteiger partial charge in [-0.25, -0.2) is 0 Å². The normalized spacial score (nSPS) is 19.6. The summed E-state index contributed by atoms with van der Waals surface area (Å²) in [5.41, 5.74) is 4.43. The van der Waals surface area contributed by atoms with Crippen molar-refractivity contribution in [3.05, 3.63) is 66.2 Å². The molecule has 4 rings (SSSR count). The van der Waals surface area contributed by atoms with Crippen LogP contribution in [0.4, 0.5) is 0 Å². The lowest BCUT2D eigenvalue weighted by molar-refractivity contribution is 0.0950. The monoisotopic (exact) mass is 350 g/mol. The van der Waals surface area contributed by atoms with E-state index in [1.54, 1.807) is 13.3 Å². The zero-order chi connectivity index (χ0) is 17.8. The van der Waals surface area contributed by atoms with Crippen molar-refractivity contribution in [2.24, 2.45) is 0 Å². The average Bonchev–Trinajstić information content (AvgIpc) is 3.38. The molecule has 6 nitrogen and oxygen atoms in total. The molecule has 2 aromatic heterocycles. The summed E-state index contributed by atoms with van der Waals surface area (Å²) in [6, 6.07) is 12.5. The molecule has 0 amide bonds. The van der Waals surface area contributed by atoms with Crippen molar-refractivity contribution >= 4 is 0 Å². The minimum Gasteiger partial charge on any atom is -0.496 e. The number of H-pyrrole nitrogens is 1. The van der Waals surface area contributed by atoms with E-state index in [0.717, 1.165) is 41.2 Å². The summed E-state index contributed by atoms with van der Waals surface area (Å²) in [5.74, 6) is 0.882. The number of benzene rings is 1. The van der Waals surface area contributed by atoms with Gasteiger partial charge in [0.1, 0.15) is 11.9 Å². The number of aromatic nitrogens is 3. The predicted octanol–water partition coefficient (Wildman–Crippen LogP) is 3.10. The van der Waals surface area contributed by atoms with E-state index in [4.69, 9.17) is 9.47 Å². The Hall–Kier alpha value is -2.70. The number of aromatic amines is 1. The Labute approximate surface area is 152 Å². The molecule has 0 bridgehead atoms. The van der Waals surface area contributed by atoms with Crippen LogP contribution in [0.25, 0.3) is 11.1 Å². The molecule has 0 radical (unpaired) electrons. The molecule has 0 saturated carbocycles. The van der Waals surface area contributed by atoms with Crippen LogP contribution in [-0.2, 0) is 11.3 Å². The van der Waals surface area contributed by atoms with Crippen LogP contribution in [-0.4, -0.2) is 34.9 Å². The first-order valence-corrected chi connectivity index (χ1v) is 8.77. The summed E-state index contributed by atoms with van der Waals surface area (Å²) in [6.07, 6.45) is 6.35. The third kappa shape index (κ3) is 3.47. The molecule has 6 heteroatoms. The zero-order valence-electron chi connectivity index (χ0n) is 14.7. The van der Waals surface area contributed by atoms with Gasteiger partial charge in [0.2, 0.25) is 0 Å². The van der Waals surface area contributed by atoms with Gasteiger partial charge in [-0.1, -0.05) is 6.07 Å². The van der Waals surface area contributed by atoms with Crippen LogP contribution in [0, 0.1) is 0 Å². The van der Waals surface area contributed by atoms with Gasteiger partial charge in [0.25, 0.3) is 0 Å². The van der Waals surface area contributed by atoms with E-state index in [1.807, 2.05) is 36.7 Å². The third-order valence-electron chi connectivity index (χ3n) is 4.77. The maximum absolute atomic E-state index is 5.88. The summed E-state index contributed by atoms with van der Waals surface area (Å²) >= 11 is 0. The molecule has 0 aliphatic carbocycles. The summed E-state index contributed by atoms with van der Waals surface area (Å²) < 4.78 is 11.4. The quantitative estimate of drug-likeness (QED) is 0.715. The Morgan fingerprint density at radius 3 is 2.81 bits per heavy atom. The number of nitrogens with zero attached hydrogens (tertiary/aromatic N) is 2. The Kier molecular flexibility index (Phi) is 4.95. The van der Waals surface area contributed by atoms with Crippen LogP contribution in [0.3, 0.4) is 0 Å². The second-order valence-electron chi connectivity index (χ2n) is 6.34. The van der Waals surface area contributed by atoms with E-state index in [0.29, 0.717) is 6.54 Å². The molecule has 1 saturated heterocycles. The summed E-state index contributed by atoms with van der Waals surface area (Å²) in [7, 11) is 1.71. The molecule has 1 fully saturated rings. The van der Waals surface area contributed by atoms with Crippen LogP contribution in [0.2, 0.25) is 0 Å². The fourth-order valence-electron chi connectivity index (χ4n) is 3.41. The van der Waals surface area contributed by atoms with Crippen LogP contribution in [0.5, 0.6) is 5.75 Å². The number of rotatable bonds is 6. The average molecular weight is 350 g/mol. The topological polar surface area (TPSA) is 72.1 Å². The van der Waals surface area contributed by atoms with Gasteiger partial charge in [-0.15, -0.1) is 0 Å². The first-order chi connectivity index (χ1) is 12.8. The van der Waals surface area contributed by atoms with Gasteiger partial charge >= 0.3 is 0 Å². The summed E-state index contributed by atoms with van der Waals surface area (Å²) in [4.78, 5) is 4.09. The Morgan fingerprint density at radius 1 is 1.15 bits per heavy atom. The summed E-state index contributed by atoms with van der Waals surface area (Å²) in [5, 5.41) is 10.7. The second-order valence-corrected chi connectivity index (χ2v) is 6.34. The fraction of sp³-hybridized carbons (Fsp3) is 0.300. The van der Waals surface area contributed by atoms with Crippen molar-refractivity contribution < 1.29 is 9.47 Å². The highest BCUT2D eigenvalue weighted by atomic mass is 16.5. The number of pyridine rings is 1. The van der Waals surface area contributed by atoms with Crippen LogP contribution in [0.15, 0.2) is 55.0 Å². The molecule has 2 N–H and O–H groups in total. The van der Waals surface area contributed by atoms with E-state index in [2.05, 4.69) is 32.6 Å². The summed E-state index contributed by atoms with van der Waals surface area (Å²) in [6.45, 7) is 1.45. The third-order valence-corrected chi connectivity index (χ3v) is 4.77. The van der Waals surface area contributed by atoms with E-state index in [9.17, 15) is 0 Å². The maximum atomic E-state index is 5.88. The van der Waals surface area contributed by atoms with Gasteiger partial charge < -0.3 is 14.8 Å². The highest BCUT2D eigenvalue weighted by Gasteiger charge is 2.30. The van der Waals surface area contributed by atoms with Crippen LogP contribution >= 0.6 is 0 Å². The molecule has 0 spiro atoms. The molecular formula is C20H22N4O2. The van der Waals surface area contributed by atoms with Gasteiger partial charge in [-0.05, 0) is 47.9 Å². The Bertz CT molecular complexity index is 836. The highest BCUT2D eigenvalue weighted by Crippen LogP contribution is 2.30. The number of ether oxygens (including phenoxy) is 2. The van der Waals surface area contributed by atoms with Gasteiger partial charge in [0, 0.05) is 43.3 Å². The molecule has 1 aliphatic rings. The van der Waals surface area contributed by atoms with Crippen molar-refractivity contribution in [2.75, 3.05) is 13.7 Å². The number of methoxy groups -OCH3 is 1. The van der Waals surface area contributed by atoms with Crippen LogP contribution < -0.4 is 10.1 Å². The van der Waals surface area contributed by atoms with Crippen molar-refractivity contribution in [1.29, 1.82) is 0 Å². The van der Waals surface area contributed by atoms with E-state index >= 15 is 0 Å². The molecule has 0 unspecified atom stereocenters. The van der Waals surface area contributed by atoms with E-state index in [-0.39, 0.29) is 12.1 Å². The maximum Gasteiger partial charge on any atom is 0.123 e. The number of hydrogen-bond donors (Lipinski definition) is 2. The molecule has 3 aromatic rings. The van der Waals surface area contributed by atoms with Crippen molar-refractivity contribution in [3.63, 3.8) is 0 Å². The second kappa shape index (κ2) is 7.68. The largest absolute Gasteiger partial charge is 0.496 e. The lowest BCUT2D eigenvalue weighted by Crippen LogP contribution is -2.31. The van der Waals surface area contributed by atoms with Crippen molar-refractivity contribution in [2.45, 2.75) is 25.1 Å². The molecule has 1 aliphatic heterocycles. The Morgan fingerprint density at radius 2 is 2.04 bits per heavy atom. The fourth-order valence-corrected chi connectivity index (χ4v) is 3.41. The van der Waals surface area contributed by atoms with Crippen molar-refractivity contribution in [1.82, 2.24) is 20.5 Å². The number of hydrogen-bond acceptors (Lipinski definition) is 5. The molecule has 1 aromatic carbocycles. The van der Waals surface area contributed by atoms with Gasteiger partial charge in [-0.2, -0.15) is 5.10 Å². The van der Waals surface area contributed by atoms with E-state index in [1.165, 1.54) is 0 Å². The molecule has 3 heterocycles. The molecular weight excluding hydrogens is 328 g/mol. The van der Waals surface area contributed by atoms with Crippen molar-refractivity contribution in [3.8, 4) is 16.9 Å². The first-order valence-electron chi connectivity index (χ1n) is 8.77. The SMILES string of the molecule is COc1ccc(-c2ccncc2)cc1CN[C@H]1CCO[C@@H]1c1ccn[nH]1. The lowest BCUT2D eigenvalue weighted by Gasteiger charge is -2.20.